The van der Waals surface area contributed by atoms with Crippen LogP contribution in [0.4, 0.5) is 0 Å². The van der Waals surface area contributed by atoms with E-state index in [1.165, 1.54) is 43.8 Å². The summed E-state index contributed by atoms with van der Waals surface area (Å²) in [5, 5.41) is 9.36. The van der Waals surface area contributed by atoms with Crippen LogP contribution < -0.4 is 0 Å². The van der Waals surface area contributed by atoms with E-state index in [-0.39, 0.29) is 0 Å². The van der Waals surface area contributed by atoms with E-state index in [4.69, 9.17) is 8.83 Å². The maximum absolute atomic E-state index is 6.11. The lowest BCUT2D eigenvalue weighted by Crippen LogP contribution is -1.87. The topological polar surface area (TPSA) is 26.3 Å². The maximum Gasteiger partial charge on any atom is 0.135 e. The summed E-state index contributed by atoms with van der Waals surface area (Å²) in [5.41, 5.74) is 8.38. The Bertz CT molecular complexity index is 2320. The number of benzene rings is 7. The van der Waals surface area contributed by atoms with E-state index >= 15 is 0 Å². The number of furan rings is 2. The van der Waals surface area contributed by atoms with Crippen molar-refractivity contribution in [2.75, 3.05) is 0 Å². The van der Waals surface area contributed by atoms with Gasteiger partial charge < -0.3 is 8.83 Å². The first-order valence-corrected chi connectivity index (χ1v) is 14.5. The Morgan fingerprint density at radius 2 is 0.780 bits per heavy atom. The van der Waals surface area contributed by atoms with E-state index in [9.17, 15) is 0 Å². The van der Waals surface area contributed by atoms with Crippen molar-refractivity contribution in [2.24, 2.45) is 0 Å². The Hall–Kier alpha value is -4.86. The van der Waals surface area contributed by atoms with Crippen LogP contribution in [-0.2, 0) is 0 Å². The first kappa shape index (κ1) is 22.9. The van der Waals surface area contributed by atoms with Crippen molar-refractivity contribution in [3.63, 3.8) is 0 Å². The largest absolute Gasteiger partial charge is 0.456 e. The third kappa shape index (κ3) is 3.36. The quantitative estimate of drug-likeness (QED) is 0.188. The van der Waals surface area contributed by atoms with Gasteiger partial charge in [-0.3, -0.25) is 0 Å². The molecule has 0 atom stereocenters. The van der Waals surface area contributed by atoms with Gasteiger partial charge in [0.05, 0.1) is 0 Å². The van der Waals surface area contributed by atoms with Gasteiger partial charge in [0.15, 0.2) is 0 Å². The normalized spacial score (nSPS) is 12.0. The van der Waals surface area contributed by atoms with Crippen molar-refractivity contribution in [1.82, 2.24) is 0 Å². The maximum atomic E-state index is 6.11. The zero-order chi connectivity index (χ0) is 27.1. The fourth-order valence-corrected chi connectivity index (χ4v) is 7.10. The molecule has 41 heavy (non-hydrogen) atoms. The zero-order valence-corrected chi connectivity index (χ0v) is 23.4. The Balaban J connectivity index is 1.30. The molecule has 0 spiro atoms. The van der Waals surface area contributed by atoms with Crippen LogP contribution in [0.15, 0.2) is 141 Å². The molecule has 0 N–H and O–H groups in total. The van der Waals surface area contributed by atoms with Crippen molar-refractivity contribution in [2.45, 2.75) is 0 Å². The first-order chi connectivity index (χ1) is 20.2. The number of hydrogen-bond acceptors (Lipinski definition) is 2. The van der Waals surface area contributed by atoms with Crippen molar-refractivity contribution < 1.29 is 8.83 Å². The van der Waals surface area contributed by atoms with Gasteiger partial charge in [0.25, 0.3) is 0 Å². The van der Waals surface area contributed by atoms with Gasteiger partial charge in [0.1, 0.15) is 22.3 Å². The molecule has 0 radical (unpaired) electrons. The van der Waals surface area contributed by atoms with Crippen molar-refractivity contribution in [3.05, 3.63) is 132 Å². The summed E-state index contributed by atoms with van der Waals surface area (Å²) >= 11 is 4.00. The van der Waals surface area contributed by atoms with Gasteiger partial charge >= 0.3 is 0 Å². The lowest BCUT2D eigenvalue weighted by molar-refractivity contribution is 0.668. The summed E-state index contributed by atoms with van der Waals surface area (Å²) in [7, 11) is 0. The second-order valence-corrected chi connectivity index (χ2v) is 11.4. The standard InChI is InChI=1S/C38H21BrO2/c39-38-28-11-5-9-24(22-15-17-36-32(19-22)26-7-1-3-13-34(26)40-36)30(28)21-31-25(10-6-12-29(31)38)23-16-18-37-33(20-23)27-8-2-4-14-35(27)41-37/h1-21H. The molecule has 0 aliphatic heterocycles. The second kappa shape index (κ2) is 8.57. The van der Waals surface area contributed by atoms with E-state index in [0.29, 0.717) is 0 Å². The van der Waals surface area contributed by atoms with E-state index < -0.39 is 0 Å². The number of hydrogen-bond donors (Lipinski definition) is 0. The number of rotatable bonds is 2. The lowest BCUT2D eigenvalue weighted by Gasteiger charge is -2.14. The molecule has 7 aromatic carbocycles. The molecule has 0 fully saturated rings. The molecule has 2 heterocycles. The molecule has 0 saturated carbocycles. The van der Waals surface area contributed by atoms with Crippen molar-refractivity contribution in [3.8, 4) is 22.3 Å². The zero-order valence-electron chi connectivity index (χ0n) is 21.8. The van der Waals surface area contributed by atoms with Crippen LogP contribution in [0.25, 0.3) is 87.7 Å². The average Bonchev–Trinajstić information content (AvgIpc) is 3.58. The predicted molar refractivity (Wildman–Crippen MR) is 175 cm³/mol. The highest BCUT2D eigenvalue weighted by atomic mass is 79.9. The molecule has 9 aromatic rings. The van der Waals surface area contributed by atoms with Gasteiger partial charge in [-0.25, -0.2) is 0 Å². The molecular weight excluding hydrogens is 568 g/mol. The highest BCUT2D eigenvalue weighted by molar-refractivity contribution is 9.10. The summed E-state index contributed by atoms with van der Waals surface area (Å²) in [4.78, 5) is 0. The molecular formula is C38H21BrO2. The van der Waals surface area contributed by atoms with Gasteiger partial charge in [-0.15, -0.1) is 0 Å². The van der Waals surface area contributed by atoms with Crippen LogP contribution in [0.2, 0.25) is 0 Å². The van der Waals surface area contributed by atoms with Crippen LogP contribution in [0.5, 0.6) is 0 Å². The van der Waals surface area contributed by atoms with Gasteiger partial charge in [0, 0.05) is 26.0 Å². The smallest absolute Gasteiger partial charge is 0.135 e. The van der Waals surface area contributed by atoms with Crippen molar-refractivity contribution >= 4 is 81.4 Å². The van der Waals surface area contributed by atoms with Crippen LogP contribution in [0, 0.1) is 0 Å². The van der Waals surface area contributed by atoms with Gasteiger partial charge in [-0.1, -0.05) is 84.9 Å². The number of para-hydroxylation sites is 2. The summed E-state index contributed by atoms with van der Waals surface area (Å²) < 4.78 is 13.3. The molecule has 0 aliphatic rings. The van der Waals surface area contributed by atoms with Crippen LogP contribution in [-0.4, -0.2) is 0 Å². The Kier molecular flexibility index (Phi) is 4.79. The van der Waals surface area contributed by atoms with Crippen LogP contribution in [0.3, 0.4) is 0 Å². The molecule has 0 bridgehead atoms. The van der Waals surface area contributed by atoms with Gasteiger partial charge in [0.2, 0.25) is 0 Å². The summed E-state index contributed by atoms with van der Waals surface area (Å²) in [6, 6.07) is 45.0. The number of fused-ring (bicyclic) bond motifs is 8. The predicted octanol–water partition coefficient (Wildman–Crippen LogP) is 11.9. The second-order valence-electron chi connectivity index (χ2n) is 10.6. The molecule has 192 valence electrons. The summed E-state index contributed by atoms with van der Waals surface area (Å²) in [6.07, 6.45) is 0. The van der Waals surface area contributed by atoms with E-state index in [2.05, 4.69) is 119 Å². The molecule has 2 nitrogen and oxygen atoms in total. The molecule has 0 amide bonds. The first-order valence-electron chi connectivity index (χ1n) is 13.7. The molecule has 9 rings (SSSR count). The monoisotopic (exact) mass is 588 g/mol. The minimum absolute atomic E-state index is 0.909. The van der Waals surface area contributed by atoms with E-state index in [1.807, 2.05) is 24.3 Å². The minimum Gasteiger partial charge on any atom is -0.456 e. The summed E-state index contributed by atoms with van der Waals surface area (Å²) in [5.74, 6) is 0. The molecule has 0 unspecified atom stereocenters. The third-order valence-corrected chi connectivity index (χ3v) is 9.20. The molecule has 0 saturated heterocycles. The summed E-state index contributed by atoms with van der Waals surface area (Å²) in [6.45, 7) is 0. The molecule has 0 aliphatic carbocycles. The lowest BCUT2D eigenvalue weighted by atomic mass is 9.91. The van der Waals surface area contributed by atoms with Gasteiger partial charge in [-0.05, 0) is 102 Å². The van der Waals surface area contributed by atoms with Crippen LogP contribution >= 0.6 is 15.9 Å². The Morgan fingerprint density at radius 1 is 0.341 bits per heavy atom. The Morgan fingerprint density at radius 3 is 1.29 bits per heavy atom. The Labute approximate surface area is 243 Å². The molecule has 3 heteroatoms. The fraction of sp³-hybridized carbons (Fsp3) is 0. The van der Waals surface area contributed by atoms with Crippen molar-refractivity contribution in [1.29, 1.82) is 0 Å². The van der Waals surface area contributed by atoms with Gasteiger partial charge in [-0.2, -0.15) is 0 Å². The average molecular weight is 589 g/mol. The number of halogens is 1. The highest BCUT2D eigenvalue weighted by Gasteiger charge is 2.16. The van der Waals surface area contributed by atoms with Crippen LogP contribution in [0.1, 0.15) is 0 Å². The third-order valence-electron chi connectivity index (χ3n) is 8.35. The fourth-order valence-electron chi connectivity index (χ4n) is 6.40. The highest BCUT2D eigenvalue weighted by Crippen LogP contribution is 2.43. The SMILES string of the molecule is Brc1c2cccc(-c3ccc4oc5ccccc5c4c3)c2cc2c(-c3ccc4oc5ccccc5c4c3)cccc12. The molecule has 2 aromatic heterocycles. The van der Waals surface area contributed by atoms with E-state index in [0.717, 1.165) is 48.3 Å². The minimum atomic E-state index is 0.909. The van der Waals surface area contributed by atoms with E-state index in [1.54, 1.807) is 0 Å².